The summed E-state index contributed by atoms with van der Waals surface area (Å²) in [6.07, 6.45) is 1.79. The fourth-order valence-corrected chi connectivity index (χ4v) is 3.81. The number of benzene rings is 1. The zero-order valence-corrected chi connectivity index (χ0v) is 14.3. The maximum absolute atomic E-state index is 12.5. The maximum Gasteiger partial charge on any atom is 0.225 e. The van der Waals surface area contributed by atoms with Gasteiger partial charge in [-0.3, -0.25) is 9.59 Å². The Balaban J connectivity index is 1.63. The SMILES string of the molecule is CC(=O)C1(c2ccccc2)CCN(C(=O)C[C@@H]2CNCCO2)CC1. The van der Waals surface area contributed by atoms with Crippen molar-refractivity contribution in [3.05, 3.63) is 35.9 Å². The van der Waals surface area contributed by atoms with Crippen LogP contribution in [0.5, 0.6) is 0 Å². The molecule has 5 nitrogen and oxygen atoms in total. The second kappa shape index (κ2) is 7.45. The van der Waals surface area contributed by atoms with Crippen molar-refractivity contribution >= 4 is 11.7 Å². The van der Waals surface area contributed by atoms with Crippen molar-refractivity contribution in [2.75, 3.05) is 32.8 Å². The minimum Gasteiger partial charge on any atom is -0.375 e. The van der Waals surface area contributed by atoms with Crippen LogP contribution in [0.25, 0.3) is 0 Å². The molecule has 0 unspecified atom stereocenters. The lowest BCUT2D eigenvalue weighted by atomic mass is 9.70. The molecule has 2 aliphatic heterocycles. The maximum atomic E-state index is 12.5. The van der Waals surface area contributed by atoms with Gasteiger partial charge >= 0.3 is 0 Å². The number of ether oxygens (including phenoxy) is 1. The Morgan fingerprint density at radius 2 is 1.96 bits per heavy atom. The Hall–Kier alpha value is -1.72. The first kappa shape index (κ1) is 17.1. The number of hydrogen-bond donors (Lipinski definition) is 1. The van der Waals surface area contributed by atoms with Crippen molar-refractivity contribution < 1.29 is 14.3 Å². The fourth-order valence-electron chi connectivity index (χ4n) is 3.81. The van der Waals surface area contributed by atoms with Crippen molar-refractivity contribution in [3.8, 4) is 0 Å². The van der Waals surface area contributed by atoms with Crippen LogP contribution in [0, 0.1) is 0 Å². The van der Waals surface area contributed by atoms with Crippen LogP contribution in [0.3, 0.4) is 0 Å². The van der Waals surface area contributed by atoms with E-state index in [1.165, 1.54) is 0 Å². The number of carbonyl (C=O) groups is 2. The lowest BCUT2D eigenvalue weighted by Gasteiger charge is -2.41. The molecule has 1 atom stereocenters. The number of nitrogens with one attached hydrogen (secondary N) is 1. The van der Waals surface area contributed by atoms with Gasteiger partial charge in [0, 0.05) is 26.2 Å². The van der Waals surface area contributed by atoms with E-state index in [-0.39, 0.29) is 17.8 Å². The average Bonchev–Trinajstić information content (AvgIpc) is 2.63. The summed E-state index contributed by atoms with van der Waals surface area (Å²) in [6.45, 7) is 5.19. The minimum atomic E-state index is -0.444. The smallest absolute Gasteiger partial charge is 0.225 e. The normalized spacial score (nSPS) is 23.7. The van der Waals surface area contributed by atoms with Gasteiger partial charge in [0.05, 0.1) is 24.5 Å². The van der Waals surface area contributed by atoms with E-state index in [1.54, 1.807) is 6.92 Å². The Kier molecular flexibility index (Phi) is 5.31. The molecule has 130 valence electrons. The van der Waals surface area contributed by atoms with Crippen LogP contribution in [-0.4, -0.2) is 55.5 Å². The van der Waals surface area contributed by atoms with E-state index in [9.17, 15) is 9.59 Å². The first-order valence-electron chi connectivity index (χ1n) is 8.78. The van der Waals surface area contributed by atoms with Crippen molar-refractivity contribution in [2.45, 2.75) is 37.7 Å². The summed E-state index contributed by atoms with van der Waals surface area (Å²) in [5.74, 6) is 0.328. The van der Waals surface area contributed by atoms with Gasteiger partial charge in [-0.05, 0) is 25.3 Å². The van der Waals surface area contributed by atoms with Gasteiger partial charge in [0.15, 0.2) is 0 Å². The quantitative estimate of drug-likeness (QED) is 0.909. The van der Waals surface area contributed by atoms with E-state index in [1.807, 2.05) is 35.2 Å². The van der Waals surface area contributed by atoms with E-state index < -0.39 is 5.41 Å². The van der Waals surface area contributed by atoms with Crippen LogP contribution >= 0.6 is 0 Å². The molecule has 2 aliphatic rings. The van der Waals surface area contributed by atoms with Crippen LogP contribution in [0.15, 0.2) is 30.3 Å². The van der Waals surface area contributed by atoms with Crippen molar-refractivity contribution in [1.82, 2.24) is 10.2 Å². The lowest BCUT2D eigenvalue weighted by Crippen LogP contribution is -2.49. The van der Waals surface area contributed by atoms with Gasteiger partial charge in [0.25, 0.3) is 0 Å². The highest BCUT2D eigenvalue weighted by Crippen LogP contribution is 2.36. The summed E-state index contributed by atoms with van der Waals surface area (Å²) in [5, 5.41) is 3.25. The molecule has 24 heavy (non-hydrogen) atoms. The number of carbonyl (C=O) groups excluding carboxylic acids is 2. The van der Waals surface area contributed by atoms with Gasteiger partial charge in [-0.2, -0.15) is 0 Å². The summed E-state index contributed by atoms with van der Waals surface area (Å²) in [5.41, 5.74) is 0.630. The monoisotopic (exact) mass is 330 g/mol. The Morgan fingerprint density at radius 3 is 2.54 bits per heavy atom. The van der Waals surface area contributed by atoms with E-state index in [0.717, 1.165) is 18.7 Å². The van der Waals surface area contributed by atoms with E-state index in [4.69, 9.17) is 4.74 Å². The second-order valence-electron chi connectivity index (χ2n) is 6.79. The van der Waals surface area contributed by atoms with E-state index >= 15 is 0 Å². The zero-order valence-electron chi connectivity index (χ0n) is 14.3. The van der Waals surface area contributed by atoms with Crippen molar-refractivity contribution in [3.63, 3.8) is 0 Å². The van der Waals surface area contributed by atoms with Gasteiger partial charge < -0.3 is 15.0 Å². The van der Waals surface area contributed by atoms with Gasteiger partial charge in [-0.1, -0.05) is 30.3 Å². The predicted octanol–water partition coefficient (Wildman–Crippen LogP) is 1.51. The van der Waals surface area contributed by atoms with Crippen LogP contribution in [0.1, 0.15) is 31.7 Å². The third kappa shape index (κ3) is 3.52. The Morgan fingerprint density at radius 1 is 1.25 bits per heavy atom. The summed E-state index contributed by atoms with van der Waals surface area (Å²) in [6, 6.07) is 9.98. The highest BCUT2D eigenvalue weighted by molar-refractivity contribution is 5.88. The van der Waals surface area contributed by atoms with Gasteiger partial charge in [0.2, 0.25) is 5.91 Å². The lowest BCUT2D eigenvalue weighted by molar-refractivity contribution is -0.138. The first-order chi connectivity index (χ1) is 11.6. The molecule has 2 heterocycles. The molecule has 1 amide bonds. The van der Waals surface area contributed by atoms with E-state index in [0.29, 0.717) is 39.0 Å². The van der Waals surface area contributed by atoms with Crippen molar-refractivity contribution in [2.24, 2.45) is 0 Å². The van der Waals surface area contributed by atoms with Crippen LogP contribution < -0.4 is 5.32 Å². The molecule has 1 aromatic carbocycles. The summed E-state index contributed by atoms with van der Waals surface area (Å²) in [7, 11) is 0. The molecular weight excluding hydrogens is 304 g/mol. The molecule has 1 N–H and O–H groups in total. The molecule has 0 bridgehead atoms. The highest BCUT2D eigenvalue weighted by Gasteiger charge is 2.41. The largest absolute Gasteiger partial charge is 0.375 e. The van der Waals surface area contributed by atoms with Crippen LogP contribution in [0.2, 0.25) is 0 Å². The van der Waals surface area contributed by atoms with Crippen LogP contribution in [0.4, 0.5) is 0 Å². The topological polar surface area (TPSA) is 58.6 Å². The standard InChI is InChI=1S/C19H26N2O3/c1-15(22)19(16-5-3-2-4-6-16)7-10-21(11-8-19)18(23)13-17-14-20-9-12-24-17/h2-6,17,20H,7-14H2,1H3/t17-/m1/s1. The Bertz CT molecular complexity index is 574. The molecule has 0 aromatic heterocycles. The second-order valence-corrected chi connectivity index (χ2v) is 6.79. The molecular formula is C19H26N2O3. The number of amides is 1. The molecule has 2 saturated heterocycles. The predicted molar refractivity (Wildman–Crippen MR) is 91.8 cm³/mol. The molecule has 1 aromatic rings. The highest BCUT2D eigenvalue weighted by atomic mass is 16.5. The number of nitrogens with zero attached hydrogens (tertiary/aromatic N) is 1. The fraction of sp³-hybridized carbons (Fsp3) is 0.579. The molecule has 0 saturated carbocycles. The van der Waals surface area contributed by atoms with Gasteiger partial charge in [-0.15, -0.1) is 0 Å². The zero-order chi connectivity index (χ0) is 17.0. The van der Waals surface area contributed by atoms with E-state index in [2.05, 4.69) is 5.32 Å². The first-order valence-corrected chi connectivity index (χ1v) is 8.78. The van der Waals surface area contributed by atoms with Crippen LogP contribution in [-0.2, 0) is 19.7 Å². The number of rotatable bonds is 4. The summed E-state index contributed by atoms with van der Waals surface area (Å²) < 4.78 is 5.62. The number of morpholine rings is 1. The average molecular weight is 330 g/mol. The molecule has 5 heteroatoms. The number of likely N-dealkylation sites (tertiary alicyclic amines) is 1. The molecule has 3 rings (SSSR count). The number of ketones is 1. The summed E-state index contributed by atoms with van der Waals surface area (Å²) in [4.78, 5) is 26.8. The molecule has 0 spiro atoms. The summed E-state index contributed by atoms with van der Waals surface area (Å²) >= 11 is 0. The Labute approximate surface area is 143 Å². The molecule has 2 fully saturated rings. The number of hydrogen-bond acceptors (Lipinski definition) is 4. The third-order valence-electron chi connectivity index (χ3n) is 5.38. The number of Topliss-reactive ketones (excluding diaryl/α,β-unsaturated/α-hetero) is 1. The number of piperidine rings is 1. The minimum absolute atomic E-state index is 0.0279. The molecule has 0 radical (unpaired) electrons. The third-order valence-corrected chi connectivity index (χ3v) is 5.38. The van der Waals surface area contributed by atoms with Gasteiger partial charge in [-0.25, -0.2) is 0 Å². The van der Waals surface area contributed by atoms with Gasteiger partial charge in [0.1, 0.15) is 5.78 Å². The molecule has 0 aliphatic carbocycles. The van der Waals surface area contributed by atoms with Crippen molar-refractivity contribution in [1.29, 1.82) is 0 Å².